The van der Waals surface area contributed by atoms with E-state index in [1.807, 2.05) is 0 Å². The van der Waals surface area contributed by atoms with Crippen molar-refractivity contribution in [2.45, 2.75) is 110 Å². The molecule has 0 amide bonds. The normalized spacial score (nSPS) is 22.5. The maximum absolute atomic E-state index is 12.0. The smallest absolute Gasteiger partial charge is 0.303 e. The Morgan fingerprint density at radius 2 is 1.38 bits per heavy atom. The molecule has 0 radical (unpaired) electrons. The Labute approximate surface area is 226 Å². The van der Waals surface area contributed by atoms with Crippen molar-refractivity contribution in [1.29, 1.82) is 0 Å². The Hall–Kier alpha value is -3.55. The lowest BCUT2D eigenvalue weighted by molar-refractivity contribution is -0.270. The molecule has 0 spiro atoms. The molecule has 1 saturated heterocycles. The number of esters is 4. The highest BCUT2D eigenvalue weighted by atomic mass is 16.7. The molecule has 218 valence electrons. The van der Waals surface area contributed by atoms with Gasteiger partial charge in [-0.3, -0.25) is 24.0 Å². The number of nitrogens with zero attached hydrogens (tertiary/aromatic N) is 3. The Kier molecular flexibility index (Phi) is 12.8. The van der Waals surface area contributed by atoms with Gasteiger partial charge in [-0.25, -0.2) is 4.68 Å². The zero-order chi connectivity index (χ0) is 28.9. The lowest BCUT2D eigenvalue weighted by Crippen LogP contribution is -2.60. The average Bonchev–Trinajstić information content (AvgIpc) is 3.29. The van der Waals surface area contributed by atoms with Crippen LogP contribution in [0.5, 0.6) is 0 Å². The Balaban J connectivity index is 2.17. The van der Waals surface area contributed by atoms with E-state index in [4.69, 9.17) is 28.8 Å². The van der Waals surface area contributed by atoms with Gasteiger partial charge in [-0.15, -0.1) is 5.10 Å². The van der Waals surface area contributed by atoms with E-state index >= 15 is 0 Å². The van der Waals surface area contributed by atoms with Crippen LogP contribution >= 0.6 is 0 Å². The highest BCUT2D eigenvalue weighted by Crippen LogP contribution is 2.34. The fourth-order valence-electron chi connectivity index (χ4n) is 4.26. The van der Waals surface area contributed by atoms with Crippen LogP contribution in [-0.4, -0.2) is 81.0 Å². The molecule has 1 aliphatic heterocycles. The van der Waals surface area contributed by atoms with E-state index < -0.39 is 60.5 Å². The van der Waals surface area contributed by atoms with Crippen LogP contribution in [0.1, 0.15) is 84.6 Å². The molecule has 2 heterocycles. The number of unbranched alkanes of at least 4 members (excludes halogenated alkanes) is 5. The van der Waals surface area contributed by atoms with Gasteiger partial charge in [0.05, 0.1) is 11.9 Å². The molecule has 39 heavy (non-hydrogen) atoms. The molecule has 14 nitrogen and oxygen atoms in total. The van der Waals surface area contributed by atoms with Crippen molar-refractivity contribution in [3.63, 3.8) is 0 Å². The van der Waals surface area contributed by atoms with Gasteiger partial charge in [0.2, 0.25) is 0 Å². The zero-order valence-corrected chi connectivity index (χ0v) is 22.7. The van der Waals surface area contributed by atoms with Gasteiger partial charge in [0.15, 0.2) is 24.5 Å². The zero-order valence-electron chi connectivity index (χ0n) is 22.7. The summed E-state index contributed by atoms with van der Waals surface area (Å²) in [5.41, 5.74) is 0.647. The monoisotopic (exact) mass is 555 g/mol. The van der Waals surface area contributed by atoms with Gasteiger partial charge in [-0.2, -0.15) is 0 Å². The lowest BCUT2D eigenvalue weighted by atomic mass is 9.97. The summed E-state index contributed by atoms with van der Waals surface area (Å²) in [6.45, 7) is 4.35. The van der Waals surface area contributed by atoms with Crippen LogP contribution in [0, 0.1) is 0 Å². The van der Waals surface area contributed by atoms with E-state index in [0.717, 1.165) is 46.0 Å². The number of aliphatic carboxylic acids is 1. The number of carboxylic acid groups (broad SMARTS) is 1. The molecule has 2 rings (SSSR count). The summed E-state index contributed by atoms with van der Waals surface area (Å²) in [6, 6.07) is 0. The van der Waals surface area contributed by atoms with Crippen molar-refractivity contribution < 1.29 is 52.8 Å². The molecule has 0 bridgehead atoms. The molecule has 5 atom stereocenters. The van der Waals surface area contributed by atoms with Crippen molar-refractivity contribution in [3.05, 3.63) is 11.9 Å². The van der Waals surface area contributed by atoms with Crippen LogP contribution in [0.4, 0.5) is 0 Å². The van der Waals surface area contributed by atoms with Crippen molar-refractivity contribution >= 4 is 29.8 Å². The third-order valence-electron chi connectivity index (χ3n) is 5.86. The average molecular weight is 556 g/mol. The number of aromatic nitrogens is 3. The Bertz CT molecular complexity index is 996. The minimum absolute atomic E-state index is 0.183. The molecular formula is C25H37N3O11. The second-order valence-electron chi connectivity index (χ2n) is 9.29. The van der Waals surface area contributed by atoms with E-state index in [2.05, 4.69) is 10.3 Å². The maximum atomic E-state index is 12.0. The highest BCUT2D eigenvalue weighted by molar-refractivity contribution is 5.68. The molecular weight excluding hydrogens is 518 g/mol. The minimum Gasteiger partial charge on any atom is -0.481 e. The third kappa shape index (κ3) is 11.0. The van der Waals surface area contributed by atoms with Crippen LogP contribution in [0.3, 0.4) is 0 Å². The fourth-order valence-corrected chi connectivity index (χ4v) is 4.26. The van der Waals surface area contributed by atoms with Gasteiger partial charge in [-0.05, 0) is 19.3 Å². The van der Waals surface area contributed by atoms with Crippen LogP contribution < -0.4 is 0 Å². The number of aryl methyl sites for hydroxylation is 1. The predicted molar refractivity (Wildman–Crippen MR) is 131 cm³/mol. The second kappa shape index (κ2) is 15.8. The standard InChI is InChI=1S/C25H37N3O11/c1-15(29)35-14-20-22(36-16(2)30)23(37-17(3)31)24(38-18(4)32)25(39-20)28-13-19(26-27-28)11-9-7-5-6-8-10-12-21(33)34/h13,20,22-25H,5-12,14H2,1-4H3,(H,33,34)/t20-,22-,23+,24-,25-/m1/s1. The van der Waals surface area contributed by atoms with E-state index in [-0.39, 0.29) is 13.0 Å². The van der Waals surface area contributed by atoms with Gasteiger partial charge in [0, 0.05) is 34.1 Å². The Morgan fingerprint density at radius 3 is 1.97 bits per heavy atom. The third-order valence-corrected chi connectivity index (χ3v) is 5.86. The van der Waals surface area contributed by atoms with E-state index in [1.165, 1.54) is 18.5 Å². The summed E-state index contributed by atoms with van der Waals surface area (Å²) in [5, 5.41) is 17.0. The summed E-state index contributed by atoms with van der Waals surface area (Å²) in [7, 11) is 0. The predicted octanol–water partition coefficient (Wildman–Crippen LogP) is 1.89. The topological polar surface area (TPSA) is 182 Å². The molecule has 0 saturated carbocycles. The maximum Gasteiger partial charge on any atom is 0.303 e. The van der Waals surface area contributed by atoms with Gasteiger partial charge < -0.3 is 28.8 Å². The van der Waals surface area contributed by atoms with Gasteiger partial charge >= 0.3 is 29.8 Å². The highest BCUT2D eigenvalue weighted by Gasteiger charge is 2.53. The van der Waals surface area contributed by atoms with E-state index in [9.17, 15) is 24.0 Å². The van der Waals surface area contributed by atoms with Crippen molar-refractivity contribution in [2.75, 3.05) is 6.61 Å². The quantitative estimate of drug-likeness (QED) is 0.188. The number of carboxylic acids is 1. The lowest BCUT2D eigenvalue weighted by Gasteiger charge is -2.44. The first-order valence-corrected chi connectivity index (χ1v) is 12.9. The number of hydrogen-bond acceptors (Lipinski definition) is 12. The summed E-state index contributed by atoms with van der Waals surface area (Å²) in [6.07, 6.45) is 1.61. The van der Waals surface area contributed by atoms with Crippen LogP contribution in [0.25, 0.3) is 0 Å². The van der Waals surface area contributed by atoms with Crippen molar-refractivity contribution in [2.24, 2.45) is 0 Å². The number of hydrogen-bond donors (Lipinski definition) is 1. The Morgan fingerprint density at radius 1 is 0.821 bits per heavy atom. The molecule has 14 heteroatoms. The SMILES string of the molecule is CC(=O)OC[C@H]1O[C@@H](n2cc(CCCCCCCCC(=O)O)nn2)[C@H](OC(C)=O)[C@@H](OC(C)=O)[C@@H]1OC(C)=O. The largest absolute Gasteiger partial charge is 0.481 e. The molecule has 0 aliphatic carbocycles. The minimum atomic E-state index is -1.29. The first-order valence-electron chi connectivity index (χ1n) is 12.9. The summed E-state index contributed by atoms with van der Waals surface area (Å²) in [4.78, 5) is 57.8. The summed E-state index contributed by atoms with van der Waals surface area (Å²) >= 11 is 0. The van der Waals surface area contributed by atoms with Gasteiger partial charge in [-0.1, -0.05) is 30.9 Å². The van der Waals surface area contributed by atoms with Gasteiger partial charge in [0.25, 0.3) is 0 Å². The molecule has 0 unspecified atom stereocenters. The second-order valence-corrected chi connectivity index (χ2v) is 9.29. The summed E-state index contributed by atoms with van der Waals surface area (Å²) < 4.78 is 28.7. The molecule has 1 aromatic heterocycles. The number of rotatable bonds is 15. The number of ether oxygens (including phenoxy) is 5. The van der Waals surface area contributed by atoms with Crippen molar-refractivity contribution in [1.82, 2.24) is 15.0 Å². The van der Waals surface area contributed by atoms with Gasteiger partial charge in [0.1, 0.15) is 12.7 Å². The fraction of sp³-hybridized carbons (Fsp3) is 0.720. The number of carbonyl (C=O) groups excluding carboxylic acids is 4. The molecule has 1 aromatic rings. The van der Waals surface area contributed by atoms with E-state index in [1.54, 1.807) is 6.20 Å². The first-order chi connectivity index (χ1) is 18.5. The molecule has 1 fully saturated rings. The number of carbonyl (C=O) groups is 5. The molecule has 1 aliphatic rings. The van der Waals surface area contributed by atoms with Crippen molar-refractivity contribution in [3.8, 4) is 0 Å². The summed E-state index contributed by atoms with van der Waals surface area (Å²) in [5.74, 6) is -3.51. The first kappa shape index (κ1) is 31.7. The molecule has 0 aromatic carbocycles. The molecule has 1 N–H and O–H groups in total. The van der Waals surface area contributed by atoms with E-state index in [0.29, 0.717) is 18.5 Å². The van der Waals surface area contributed by atoms with Crippen LogP contribution in [0.15, 0.2) is 6.20 Å². The van der Waals surface area contributed by atoms with Crippen LogP contribution in [0.2, 0.25) is 0 Å². The van der Waals surface area contributed by atoms with Crippen LogP contribution in [-0.2, 0) is 54.1 Å².